The van der Waals surface area contributed by atoms with Crippen LogP contribution in [0.25, 0.3) is 5.70 Å². The van der Waals surface area contributed by atoms with Crippen molar-refractivity contribution in [2.75, 3.05) is 20.5 Å². The van der Waals surface area contributed by atoms with Crippen LogP contribution in [0.5, 0.6) is 17.2 Å². The summed E-state index contributed by atoms with van der Waals surface area (Å²) in [4.78, 5) is 1.22. The molecule has 2 unspecified atom stereocenters. The molecule has 0 aromatic heterocycles. The number of nitrogens with zero attached hydrogens (tertiary/aromatic N) is 1. The third-order valence-corrected chi connectivity index (χ3v) is 6.45. The highest BCUT2D eigenvalue weighted by molar-refractivity contribution is 7.98. The molecule has 1 N–H and O–H groups in total. The van der Waals surface area contributed by atoms with Crippen molar-refractivity contribution in [1.82, 2.24) is 10.4 Å². The Labute approximate surface area is 186 Å². The first-order valence-corrected chi connectivity index (χ1v) is 11.3. The molecule has 0 bridgehead atoms. The molecular weight excluding hydrogens is 408 g/mol. The van der Waals surface area contributed by atoms with Crippen LogP contribution in [-0.4, -0.2) is 25.5 Å². The van der Waals surface area contributed by atoms with Crippen LogP contribution >= 0.6 is 11.8 Å². The molecule has 3 aromatic rings. The average molecular weight is 433 g/mol. The quantitative estimate of drug-likeness (QED) is 0.543. The molecule has 5 nitrogen and oxygen atoms in total. The number of hydrogen-bond donors (Lipinski definition) is 1. The predicted molar refractivity (Wildman–Crippen MR) is 123 cm³/mol. The Bertz CT molecular complexity index is 1110. The molecule has 2 aliphatic heterocycles. The summed E-state index contributed by atoms with van der Waals surface area (Å²) in [5.74, 6) is 2.37. The van der Waals surface area contributed by atoms with Gasteiger partial charge in [-0.15, -0.1) is 11.8 Å². The second-order valence-corrected chi connectivity index (χ2v) is 8.27. The van der Waals surface area contributed by atoms with Gasteiger partial charge >= 0.3 is 0 Å². The Hall–Kier alpha value is -3.09. The normalized spacial score (nSPS) is 19.5. The van der Waals surface area contributed by atoms with E-state index in [1.165, 1.54) is 4.90 Å². The third-order valence-electron chi connectivity index (χ3n) is 5.71. The lowest BCUT2D eigenvalue weighted by molar-refractivity contribution is -0.0343. The Balaban J connectivity index is 1.57. The van der Waals surface area contributed by atoms with Crippen LogP contribution in [0.2, 0.25) is 0 Å². The fourth-order valence-electron chi connectivity index (χ4n) is 4.08. The molecule has 2 atom stereocenters. The van der Waals surface area contributed by atoms with E-state index in [4.69, 9.17) is 14.2 Å². The van der Waals surface area contributed by atoms with Gasteiger partial charge in [0.25, 0.3) is 0 Å². The van der Waals surface area contributed by atoms with Crippen LogP contribution in [0.3, 0.4) is 0 Å². The van der Waals surface area contributed by atoms with E-state index in [1.807, 2.05) is 24.3 Å². The Morgan fingerprint density at radius 3 is 2.39 bits per heavy atom. The highest BCUT2D eigenvalue weighted by Crippen LogP contribution is 2.49. The average Bonchev–Trinajstić information content (AvgIpc) is 3.29. The molecule has 5 rings (SSSR count). The number of ether oxygens (including phenoxy) is 3. The van der Waals surface area contributed by atoms with Crippen molar-refractivity contribution in [2.45, 2.75) is 17.2 Å². The molecule has 3 aromatic carbocycles. The topological polar surface area (TPSA) is 43.0 Å². The summed E-state index contributed by atoms with van der Waals surface area (Å²) in [6.07, 6.45) is 4.03. The maximum atomic E-state index is 6.53. The third kappa shape index (κ3) is 3.52. The van der Waals surface area contributed by atoms with Crippen molar-refractivity contribution >= 4 is 17.5 Å². The number of nitrogens with one attached hydrogen (secondary N) is 1. The minimum Gasteiger partial charge on any atom is -0.497 e. The number of hydrogen-bond acceptors (Lipinski definition) is 6. The lowest BCUT2D eigenvalue weighted by Crippen LogP contribution is -2.43. The number of hydrazine groups is 1. The molecule has 0 amide bonds. The molecule has 0 radical (unpaired) electrons. The predicted octanol–water partition coefficient (Wildman–Crippen LogP) is 5.42. The first-order valence-electron chi connectivity index (χ1n) is 10.1. The van der Waals surface area contributed by atoms with E-state index in [0.717, 1.165) is 39.6 Å². The van der Waals surface area contributed by atoms with Crippen molar-refractivity contribution in [3.05, 3.63) is 89.5 Å². The number of rotatable bonds is 5. The van der Waals surface area contributed by atoms with Crippen molar-refractivity contribution in [3.63, 3.8) is 0 Å². The maximum Gasteiger partial charge on any atom is 0.196 e. The van der Waals surface area contributed by atoms with Crippen molar-refractivity contribution < 1.29 is 14.2 Å². The molecule has 0 spiro atoms. The number of benzene rings is 3. The van der Waals surface area contributed by atoms with Crippen LogP contribution in [-0.2, 0) is 0 Å². The molecule has 31 heavy (non-hydrogen) atoms. The van der Waals surface area contributed by atoms with Crippen LogP contribution in [0.1, 0.15) is 29.0 Å². The van der Waals surface area contributed by atoms with Gasteiger partial charge in [0.15, 0.2) is 17.7 Å². The van der Waals surface area contributed by atoms with E-state index in [2.05, 4.69) is 65.2 Å². The molecule has 0 fully saturated rings. The zero-order chi connectivity index (χ0) is 21.4. The minimum absolute atomic E-state index is 0.0150. The molecule has 0 saturated heterocycles. The molecule has 2 aliphatic rings. The highest BCUT2D eigenvalue weighted by Gasteiger charge is 2.41. The summed E-state index contributed by atoms with van der Waals surface area (Å²) >= 11 is 1.73. The molecular formula is C25H24N2O3S. The fourth-order valence-corrected chi connectivity index (χ4v) is 4.49. The molecule has 2 heterocycles. The molecule has 158 valence electrons. The summed E-state index contributed by atoms with van der Waals surface area (Å²) in [5.41, 5.74) is 7.87. The van der Waals surface area contributed by atoms with Crippen LogP contribution < -0.4 is 19.6 Å². The number of fused-ring (bicyclic) bond motifs is 3. The second-order valence-electron chi connectivity index (χ2n) is 7.39. The van der Waals surface area contributed by atoms with Gasteiger partial charge < -0.3 is 19.6 Å². The number of thioether (sulfide) groups is 1. The van der Waals surface area contributed by atoms with Crippen molar-refractivity contribution in [2.24, 2.45) is 0 Å². The van der Waals surface area contributed by atoms with Gasteiger partial charge in [0.2, 0.25) is 0 Å². The lowest BCUT2D eigenvalue weighted by atomic mass is 10.00. The number of methoxy groups -OCH3 is 2. The van der Waals surface area contributed by atoms with Gasteiger partial charge in [-0.3, -0.25) is 0 Å². The van der Waals surface area contributed by atoms with Gasteiger partial charge in [-0.2, -0.15) is 5.01 Å². The summed E-state index contributed by atoms with van der Waals surface area (Å²) in [6, 6.07) is 22.6. The van der Waals surface area contributed by atoms with Crippen LogP contribution in [0.15, 0.2) is 77.7 Å². The summed E-state index contributed by atoms with van der Waals surface area (Å²) in [7, 11) is 3.36. The SMILES string of the molecule is COc1ccc(C2=CC3c4cccc(OC)c4OC(c4ccc(SC)cc4)N3N2)cc1. The zero-order valence-electron chi connectivity index (χ0n) is 17.7. The van der Waals surface area contributed by atoms with Gasteiger partial charge in [0.1, 0.15) is 5.75 Å². The minimum atomic E-state index is -0.295. The standard InChI is InChI=1S/C25H24N2O3S/c1-28-18-11-7-16(8-12-18)21-15-22-20-5-4-6-23(29-2)24(20)30-25(27(22)26-21)17-9-13-19(31-3)14-10-17/h4-15,22,25-26H,1-3H3. The van der Waals surface area contributed by atoms with E-state index in [9.17, 15) is 0 Å². The molecule has 0 aliphatic carbocycles. The second kappa shape index (κ2) is 8.21. The zero-order valence-corrected chi connectivity index (χ0v) is 18.5. The van der Waals surface area contributed by atoms with Gasteiger partial charge in [0.05, 0.1) is 26.0 Å². The Morgan fingerprint density at radius 1 is 0.935 bits per heavy atom. The smallest absolute Gasteiger partial charge is 0.196 e. The van der Waals surface area contributed by atoms with Gasteiger partial charge in [-0.25, -0.2) is 0 Å². The van der Waals surface area contributed by atoms with E-state index >= 15 is 0 Å². The summed E-state index contributed by atoms with van der Waals surface area (Å²) in [5, 5.41) is 2.16. The summed E-state index contributed by atoms with van der Waals surface area (Å²) < 4.78 is 17.4. The number of para-hydroxylation sites is 1. The Kier molecular flexibility index (Phi) is 5.26. The largest absolute Gasteiger partial charge is 0.497 e. The fraction of sp³-hybridized carbons (Fsp3) is 0.200. The highest BCUT2D eigenvalue weighted by atomic mass is 32.2. The lowest BCUT2D eigenvalue weighted by Gasteiger charge is -2.39. The van der Waals surface area contributed by atoms with E-state index in [1.54, 1.807) is 26.0 Å². The van der Waals surface area contributed by atoms with E-state index in [-0.39, 0.29) is 12.3 Å². The first kappa shape index (κ1) is 19.8. The van der Waals surface area contributed by atoms with Crippen LogP contribution in [0.4, 0.5) is 0 Å². The summed E-state index contributed by atoms with van der Waals surface area (Å²) in [6.45, 7) is 0. The maximum absolute atomic E-state index is 6.53. The first-order chi connectivity index (χ1) is 15.2. The van der Waals surface area contributed by atoms with Crippen molar-refractivity contribution in [3.8, 4) is 17.2 Å². The van der Waals surface area contributed by atoms with Gasteiger partial charge in [-0.05, 0) is 60.4 Å². The Morgan fingerprint density at radius 2 is 1.71 bits per heavy atom. The van der Waals surface area contributed by atoms with Crippen LogP contribution in [0, 0.1) is 0 Å². The van der Waals surface area contributed by atoms with Gasteiger partial charge in [0, 0.05) is 16.0 Å². The van der Waals surface area contributed by atoms with E-state index in [0.29, 0.717) is 0 Å². The monoisotopic (exact) mass is 432 g/mol. The molecule has 6 heteroatoms. The van der Waals surface area contributed by atoms with Gasteiger partial charge in [-0.1, -0.05) is 24.3 Å². The van der Waals surface area contributed by atoms with E-state index < -0.39 is 0 Å². The molecule has 0 saturated carbocycles. The van der Waals surface area contributed by atoms with Crippen molar-refractivity contribution in [1.29, 1.82) is 0 Å².